The third kappa shape index (κ3) is 5.58. The molecule has 0 unspecified atom stereocenters. The Hall–Kier alpha value is -1.99. The van der Waals surface area contributed by atoms with Crippen LogP contribution in [0.15, 0.2) is 23.8 Å². The first-order chi connectivity index (χ1) is 11.3. The minimum absolute atomic E-state index is 0.0374. The van der Waals surface area contributed by atoms with Gasteiger partial charge in [-0.15, -0.1) is 0 Å². The zero-order chi connectivity index (χ0) is 18.3. The maximum absolute atomic E-state index is 12.1. The van der Waals surface area contributed by atoms with Gasteiger partial charge in [-0.1, -0.05) is 17.8 Å². The summed E-state index contributed by atoms with van der Waals surface area (Å²) in [7, 11) is 0. The van der Waals surface area contributed by atoms with Gasteiger partial charge in [0.2, 0.25) is 5.12 Å². The molecule has 24 heavy (non-hydrogen) atoms. The van der Waals surface area contributed by atoms with E-state index in [4.69, 9.17) is 16.6 Å². The number of hydrogen-bond acceptors (Lipinski definition) is 6. The molecular formula is C17H25N3O3S. The number of thioether (sulfide) groups is 1. The van der Waals surface area contributed by atoms with E-state index < -0.39 is 12.0 Å². The number of nitrogens with two attached hydrogens (primary N) is 2. The van der Waals surface area contributed by atoms with Crippen molar-refractivity contribution in [1.82, 2.24) is 0 Å². The minimum Gasteiger partial charge on any atom is -0.480 e. The molecule has 0 saturated heterocycles. The Morgan fingerprint density at radius 1 is 1.33 bits per heavy atom. The van der Waals surface area contributed by atoms with Crippen LogP contribution in [-0.4, -0.2) is 41.1 Å². The second kappa shape index (κ2) is 9.34. The number of hydrogen-bond donors (Lipinski definition) is 3. The molecule has 0 spiro atoms. The Morgan fingerprint density at radius 3 is 2.46 bits per heavy atom. The normalized spacial score (nSPS) is 12.8. The van der Waals surface area contributed by atoms with Crippen LogP contribution in [0.2, 0.25) is 0 Å². The van der Waals surface area contributed by atoms with Gasteiger partial charge >= 0.3 is 5.97 Å². The first-order valence-corrected chi connectivity index (χ1v) is 8.76. The summed E-state index contributed by atoms with van der Waals surface area (Å²) in [6.07, 6.45) is 1.71. The lowest BCUT2D eigenvalue weighted by atomic mass is 10.1. The van der Waals surface area contributed by atoms with Crippen molar-refractivity contribution in [1.29, 1.82) is 0 Å². The van der Waals surface area contributed by atoms with Gasteiger partial charge in [-0.25, -0.2) is 0 Å². The van der Waals surface area contributed by atoms with Crippen molar-refractivity contribution in [2.75, 3.05) is 29.5 Å². The fourth-order valence-corrected chi connectivity index (χ4v) is 2.88. The van der Waals surface area contributed by atoms with Crippen LogP contribution in [0.5, 0.6) is 0 Å². The average molecular weight is 351 g/mol. The zero-order valence-corrected chi connectivity index (χ0v) is 15.1. The highest BCUT2D eigenvalue weighted by atomic mass is 32.2. The molecule has 0 amide bonds. The summed E-state index contributed by atoms with van der Waals surface area (Å²) < 4.78 is 0. The van der Waals surface area contributed by atoms with Gasteiger partial charge in [-0.3, -0.25) is 9.59 Å². The number of benzene rings is 1. The van der Waals surface area contributed by atoms with Crippen molar-refractivity contribution in [3.63, 3.8) is 0 Å². The smallest absolute Gasteiger partial charge is 0.321 e. The highest BCUT2D eigenvalue weighted by Gasteiger charge is 2.15. The van der Waals surface area contributed by atoms with Crippen LogP contribution in [0.1, 0.15) is 26.3 Å². The van der Waals surface area contributed by atoms with E-state index in [0.29, 0.717) is 11.3 Å². The lowest BCUT2D eigenvalue weighted by molar-refractivity contribution is -0.137. The van der Waals surface area contributed by atoms with Crippen LogP contribution in [0.3, 0.4) is 0 Å². The molecular weight excluding hydrogens is 326 g/mol. The van der Waals surface area contributed by atoms with Crippen molar-refractivity contribution in [2.45, 2.75) is 26.8 Å². The molecule has 7 heteroatoms. The van der Waals surface area contributed by atoms with Crippen LogP contribution in [0, 0.1) is 0 Å². The Labute approximate surface area is 146 Å². The molecule has 5 N–H and O–H groups in total. The lowest BCUT2D eigenvalue weighted by Crippen LogP contribution is -2.32. The molecule has 0 fully saturated rings. The molecule has 0 heterocycles. The maximum Gasteiger partial charge on any atom is 0.321 e. The molecule has 1 atom stereocenters. The number of carboxylic acids is 1. The van der Waals surface area contributed by atoms with Gasteiger partial charge in [0.15, 0.2) is 0 Å². The molecule has 1 aromatic rings. The fraction of sp³-hybridized carbons (Fsp3) is 0.412. The molecule has 0 bridgehead atoms. The number of nitrogens with zero attached hydrogens (tertiary/aromatic N) is 1. The second-order valence-corrected chi connectivity index (χ2v) is 6.35. The predicted molar refractivity (Wildman–Crippen MR) is 101 cm³/mol. The van der Waals surface area contributed by atoms with E-state index in [0.717, 1.165) is 36.1 Å². The van der Waals surface area contributed by atoms with Gasteiger partial charge < -0.3 is 21.5 Å². The number of carbonyl (C=O) groups is 2. The van der Waals surface area contributed by atoms with Gasteiger partial charge in [0.05, 0.1) is 0 Å². The largest absolute Gasteiger partial charge is 0.480 e. The summed E-state index contributed by atoms with van der Waals surface area (Å²) >= 11 is 0.899. The third-order valence-electron chi connectivity index (χ3n) is 3.60. The zero-order valence-electron chi connectivity index (χ0n) is 14.3. The summed E-state index contributed by atoms with van der Waals surface area (Å²) in [6, 6.07) is 4.70. The SMILES string of the molecule is CCN(CC)c1ccc(/C=C(\C)C(=O)SC[C@H](N)C(=O)O)c(N)c1. The molecule has 1 aromatic carbocycles. The maximum atomic E-state index is 12.1. The molecule has 1 rings (SSSR count). The number of nitrogen functional groups attached to an aromatic ring is 1. The summed E-state index contributed by atoms with van der Waals surface area (Å²) in [5.41, 5.74) is 14.4. The quantitative estimate of drug-likeness (QED) is 0.486. The molecule has 0 saturated carbocycles. The topological polar surface area (TPSA) is 110 Å². The molecule has 0 aromatic heterocycles. The number of aliphatic carboxylic acids is 1. The third-order valence-corrected chi connectivity index (χ3v) is 4.71. The monoisotopic (exact) mass is 351 g/mol. The molecule has 0 aliphatic carbocycles. The van der Waals surface area contributed by atoms with Crippen molar-refractivity contribution >= 4 is 40.3 Å². The Balaban J connectivity index is 2.84. The summed E-state index contributed by atoms with van der Waals surface area (Å²) in [6.45, 7) is 7.62. The lowest BCUT2D eigenvalue weighted by Gasteiger charge is -2.21. The minimum atomic E-state index is -1.12. The number of carboxylic acid groups (broad SMARTS) is 1. The van der Waals surface area contributed by atoms with Crippen molar-refractivity contribution in [3.8, 4) is 0 Å². The molecule has 0 radical (unpaired) electrons. The van der Waals surface area contributed by atoms with E-state index in [9.17, 15) is 9.59 Å². The Morgan fingerprint density at radius 2 is 1.96 bits per heavy atom. The summed E-state index contributed by atoms with van der Waals surface area (Å²) in [5.74, 6) is -1.08. The van der Waals surface area contributed by atoms with Crippen molar-refractivity contribution in [2.24, 2.45) is 5.73 Å². The highest BCUT2D eigenvalue weighted by Crippen LogP contribution is 2.24. The standard InChI is InChI=1S/C17H25N3O3S/c1-4-20(5-2)13-7-6-12(14(18)9-13)8-11(3)17(23)24-10-15(19)16(21)22/h6-9,15H,4-5,10,18-19H2,1-3H3,(H,21,22)/b11-8+/t15-/m0/s1. The second-order valence-electron chi connectivity index (χ2n) is 5.36. The van der Waals surface area contributed by atoms with E-state index in [1.165, 1.54) is 0 Å². The first-order valence-electron chi connectivity index (χ1n) is 7.78. The fourth-order valence-electron chi connectivity index (χ4n) is 2.12. The Kier molecular flexibility index (Phi) is 7.81. The highest BCUT2D eigenvalue weighted by molar-refractivity contribution is 8.14. The predicted octanol–water partition coefficient (Wildman–Crippen LogP) is 2.19. The van der Waals surface area contributed by atoms with Gasteiger partial charge in [0.1, 0.15) is 6.04 Å². The van der Waals surface area contributed by atoms with E-state index in [-0.39, 0.29) is 10.9 Å². The van der Waals surface area contributed by atoms with Crippen LogP contribution in [0.4, 0.5) is 11.4 Å². The van der Waals surface area contributed by atoms with Gasteiger partial charge in [-0.2, -0.15) is 0 Å². The number of rotatable bonds is 8. The van der Waals surface area contributed by atoms with E-state index in [2.05, 4.69) is 18.7 Å². The van der Waals surface area contributed by atoms with Gasteiger partial charge in [-0.05, 0) is 44.5 Å². The summed E-state index contributed by atoms with van der Waals surface area (Å²) in [5, 5.41) is 8.52. The summed E-state index contributed by atoms with van der Waals surface area (Å²) in [4.78, 5) is 24.9. The molecule has 6 nitrogen and oxygen atoms in total. The molecule has 0 aliphatic rings. The van der Waals surface area contributed by atoms with Crippen LogP contribution in [-0.2, 0) is 9.59 Å². The van der Waals surface area contributed by atoms with Crippen LogP contribution in [0.25, 0.3) is 6.08 Å². The van der Waals surface area contributed by atoms with E-state index in [1.54, 1.807) is 13.0 Å². The first kappa shape index (κ1) is 20.1. The number of anilines is 2. The van der Waals surface area contributed by atoms with Gasteiger partial charge in [0, 0.05) is 35.8 Å². The van der Waals surface area contributed by atoms with E-state index in [1.807, 2.05) is 18.2 Å². The van der Waals surface area contributed by atoms with E-state index >= 15 is 0 Å². The van der Waals surface area contributed by atoms with Crippen molar-refractivity contribution < 1.29 is 14.7 Å². The molecule has 132 valence electrons. The Bertz CT molecular complexity index is 628. The van der Waals surface area contributed by atoms with Crippen LogP contribution >= 0.6 is 11.8 Å². The number of carbonyl (C=O) groups excluding carboxylic acids is 1. The molecule has 0 aliphatic heterocycles. The van der Waals surface area contributed by atoms with Crippen LogP contribution < -0.4 is 16.4 Å². The van der Waals surface area contributed by atoms with Crippen molar-refractivity contribution in [3.05, 3.63) is 29.3 Å². The average Bonchev–Trinajstić information content (AvgIpc) is 2.55. The van der Waals surface area contributed by atoms with Gasteiger partial charge in [0.25, 0.3) is 0 Å².